The highest BCUT2D eigenvalue weighted by Gasteiger charge is 2.12. The molecule has 2 rings (SSSR count). The molecule has 0 spiro atoms. The number of hydrogen-bond donors (Lipinski definition) is 1. The molecule has 1 N–H and O–H groups in total. The first kappa shape index (κ1) is 10.6. The molecule has 4 nitrogen and oxygen atoms in total. The summed E-state index contributed by atoms with van der Waals surface area (Å²) < 4.78 is 1.75. The van der Waals surface area contributed by atoms with Crippen molar-refractivity contribution in [3.8, 4) is 0 Å². The molecule has 1 aliphatic carbocycles. The number of aryl methyl sites for hydroxylation is 1. The second-order valence-corrected chi connectivity index (χ2v) is 4.52. The van der Waals surface area contributed by atoms with E-state index in [9.17, 15) is 0 Å². The molecule has 1 aromatic heterocycles. The smallest absolute Gasteiger partial charge is 0.0964 e. The lowest BCUT2D eigenvalue weighted by Crippen LogP contribution is -2.24. The molecule has 0 saturated heterocycles. The van der Waals surface area contributed by atoms with E-state index in [1.165, 1.54) is 32.1 Å². The highest BCUT2D eigenvalue weighted by molar-refractivity contribution is 4.90. The minimum Gasteiger partial charge on any atom is -0.311 e. The Hall–Kier alpha value is -0.900. The van der Waals surface area contributed by atoms with E-state index in [0.29, 0.717) is 0 Å². The van der Waals surface area contributed by atoms with Crippen molar-refractivity contribution in [2.24, 2.45) is 13.0 Å². The zero-order valence-corrected chi connectivity index (χ0v) is 9.45. The van der Waals surface area contributed by atoms with Crippen LogP contribution in [0, 0.1) is 5.92 Å². The van der Waals surface area contributed by atoms with Gasteiger partial charge >= 0.3 is 0 Å². The van der Waals surface area contributed by atoms with Crippen LogP contribution in [0.4, 0.5) is 0 Å². The van der Waals surface area contributed by atoms with Crippen LogP contribution in [-0.4, -0.2) is 21.5 Å². The molecule has 84 valence electrons. The van der Waals surface area contributed by atoms with Gasteiger partial charge in [0.1, 0.15) is 0 Å². The molecule has 0 unspecified atom stereocenters. The van der Waals surface area contributed by atoms with Crippen molar-refractivity contribution >= 4 is 0 Å². The Labute approximate surface area is 91.1 Å². The van der Waals surface area contributed by atoms with Crippen LogP contribution in [0.2, 0.25) is 0 Å². The first-order valence-electron chi connectivity index (χ1n) is 5.90. The van der Waals surface area contributed by atoms with Crippen LogP contribution in [0.1, 0.15) is 37.8 Å². The normalized spacial score (nSPS) is 18.2. The van der Waals surface area contributed by atoms with E-state index in [0.717, 1.165) is 24.7 Å². The summed E-state index contributed by atoms with van der Waals surface area (Å²) in [5.74, 6) is 0.885. The van der Waals surface area contributed by atoms with E-state index in [2.05, 4.69) is 15.6 Å². The summed E-state index contributed by atoms with van der Waals surface area (Å²) in [5.41, 5.74) is 1.04. The van der Waals surface area contributed by atoms with Gasteiger partial charge in [-0.25, -0.2) is 0 Å². The van der Waals surface area contributed by atoms with Crippen molar-refractivity contribution in [3.05, 3.63) is 11.9 Å². The van der Waals surface area contributed by atoms with Crippen LogP contribution in [0.5, 0.6) is 0 Å². The summed E-state index contributed by atoms with van der Waals surface area (Å²) in [6.07, 6.45) is 9.02. The second-order valence-electron chi connectivity index (χ2n) is 4.52. The van der Waals surface area contributed by atoms with E-state index in [-0.39, 0.29) is 0 Å². The SMILES string of the molecule is Cn1cc(CNCC2CCCCC2)nn1. The Bertz CT molecular complexity index is 289. The van der Waals surface area contributed by atoms with Crippen molar-refractivity contribution in [2.75, 3.05) is 6.54 Å². The summed E-state index contributed by atoms with van der Waals surface area (Å²) in [4.78, 5) is 0. The first-order valence-corrected chi connectivity index (χ1v) is 5.90. The fourth-order valence-electron chi connectivity index (χ4n) is 2.27. The molecular formula is C11H20N4. The predicted molar refractivity (Wildman–Crippen MR) is 59.3 cm³/mol. The Kier molecular flexibility index (Phi) is 3.72. The number of nitrogens with zero attached hydrogens (tertiary/aromatic N) is 3. The van der Waals surface area contributed by atoms with Crippen LogP contribution < -0.4 is 5.32 Å². The molecule has 0 aromatic carbocycles. The zero-order chi connectivity index (χ0) is 10.5. The maximum atomic E-state index is 4.05. The van der Waals surface area contributed by atoms with Crippen molar-refractivity contribution in [3.63, 3.8) is 0 Å². The molecule has 0 bridgehead atoms. The molecule has 0 atom stereocenters. The monoisotopic (exact) mass is 208 g/mol. The Balaban J connectivity index is 1.65. The van der Waals surface area contributed by atoms with Gasteiger partial charge in [-0.1, -0.05) is 24.5 Å². The van der Waals surface area contributed by atoms with Crippen molar-refractivity contribution in [2.45, 2.75) is 38.6 Å². The van der Waals surface area contributed by atoms with Gasteiger partial charge in [-0.2, -0.15) is 0 Å². The average Bonchev–Trinajstić information content (AvgIpc) is 2.66. The summed E-state index contributed by atoms with van der Waals surface area (Å²) >= 11 is 0. The van der Waals surface area contributed by atoms with Gasteiger partial charge in [0.05, 0.1) is 5.69 Å². The lowest BCUT2D eigenvalue weighted by Gasteiger charge is -2.21. The van der Waals surface area contributed by atoms with Crippen LogP contribution in [0.25, 0.3) is 0 Å². The first-order chi connectivity index (χ1) is 7.34. The number of nitrogens with one attached hydrogen (secondary N) is 1. The maximum Gasteiger partial charge on any atom is 0.0964 e. The molecule has 4 heteroatoms. The Morgan fingerprint density at radius 2 is 2.20 bits per heavy atom. The summed E-state index contributed by atoms with van der Waals surface area (Å²) in [6, 6.07) is 0. The number of aromatic nitrogens is 3. The molecule has 0 radical (unpaired) electrons. The van der Waals surface area contributed by atoms with Crippen LogP contribution >= 0.6 is 0 Å². The van der Waals surface area contributed by atoms with Gasteiger partial charge in [0, 0.05) is 19.8 Å². The standard InChI is InChI=1S/C11H20N4/c1-15-9-11(13-14-15)8-12-7-10-5-3-2-4-6-10/h9-10,12H,2-8H2,1H3. The summed E-state index contributed by atoms with van der Waals surface area (Å²) in [6.45, 7) is 1.99. The largest absolute Gasteiger partial charge is 0.311 e. The molecule has 1 saturated carbocycles. The number of hydrogen-bond acceptors (Lipinski definition) is 3. The molecule has 0 amide bonds. The highest BCUT2D eigenvalue weighted by atomic mass is 15.4. The molecule has 15 heavy (non-hydrogen) atoms. The number of rotatable bonds is 4. The van der Waals surface area contributed by atoms with Crippen LogP contribution in [-0.2, 0) is 13.6 Å². The molecule has 1 aliphatic rings. The molecular weight excluding hydrogens is 188 g/mol. The Morgan fingerprint density at radius 1 is 1.40 bits per heavy atom. The Morgan fingerprint density at radius 3 is 2.87 bits per heavy atom. The summed E-state index contributed by atoms with van der Waals surface area (Å²) in [7, 11) is 1.90. The van der Waals surface area contributed by atoms with Gasteiger partial charge in [-0.3, -0.25) is 4.68 Å². The second kappa shape index (κ2) is 5.26. The van der Waals surface area contributed by atoms with Crippen molar-refractivity contribution in [1.29, 1.82) is 0 Å². The third-order valence-electron chi connectivity index (χ3n) is 3.11. The lowest BCUT2D eigenvalue weighted by molar-refractivity contribution is 0.341. The van der Waals surface area contributed by atoms with Gasteiger partial charge in [-0.15, -0.1) is 5.10 Å². The topological polar surface area (TPSA) is 42.7 Å². The third kappa shape index (κ3) is 3.30. The maximum absolute atomic E-state index is 4.05. The lowest BCUT2D eigenvalue weighted by atomic mass is 9.89. The van der Waals surface area contributed by atoms with Gasteiger partial charge in [0.2, 0.25) is 0 Å². The molecule has 1 fully saturated rings. The minimum atomic E-state index is 0.852. The fraction of sp³-hybridized carbons (Fsp3) is 0.818. The van der Waals surface area contributed by atoms with Gasteiger partial charge in [-0.05, 0) is 25.3 Å². The van der Waals surface area contributed by atoms with Gasteiger partial charge in [0.15, 0.2) is 0 Å². The van der Waals surface area contributed by atoms with Crippen molar-refractivity contribution < 1.29 is 0 Å². The molecule has 1 heterocycles. The van der Waals surface area contributed by atoms with E-state index >= 15 is 0 Å². The quantitative estimate of drug-likeness (QED) is 0.815. The molecule has 1 aromatic rings. The summed E-state index contributed by atoms with van der Waals surface area (Å²) in [5, 5.41) is 11.4. The van der Waals surface area contributed by atoms with E-state index in [4.69, 9.17) is 0 Å². The minimum absolute atomic E-state index is 0.852. The molecule has 0 aliphatic heterocycles. The van der Waals surface area contributed by atoms with Gasteiger partial charge in [0.25, 0.3) is 0 Å². The van der Waals surface area contributed by atoms with Crippen LogP contribution in [0.3, 0.4) is 0 Å². The zero-order valence-electron chi connectivity index (χ0n) is 9.45. The van der Waals surface area contributed by atoms with E-state index in [1.54, 1.807) is 4.68 Å². The van der Waals surface area contributed by atoms with Crippen LogP contribution in [0.15, 0.2) is 6.20 Å². The van der Waals surface area contributed by atoms with E-state index < -0.39 is 0 Å². The predicted octanol–water partition coefficient (Wildman–Crippen LogP) is 1.48. The van der Waals surface area contributed by atoms with E-state index in [1.807, 2.05) is 13.2 Å². The highest BCUT2D eigenvalue weighted by Crippen LogP contribution is 2.22. The van der Waals surface area contributed by atoms with Gasteiger partial charge < -0.3 is 5.32 Å². The fourth-order valence-corrected chi connectivity index (χ4v) is 2.27. The average molecular weight is 208 g/mol. The van der Waals surface area contributed by atoms with Crippen molar-refractivity contribution in [1.82, 2.24) is 20.3 Å². The third-order valence-corrected chi connectivity index (χ3v) is 3.11.